The van der Waals surface area contributed by atoms with Crippen molar-refractivity contribution in [3.63, 3.8) is 0 Å². The van der Waals surface area contributed by atoms with Gasteiger partial charge < -0.3 is 8.85 Å². The van der Waals surface area contributed by atoms with Crippen LogP contribution >= 0.6 is 0 Å². The number of amides is 1. The van der Waals surface area contributed by atoms with Gasteiger partial charge in [0.15, 0.2) is 22.4 Å². The molecule has 0 saturated heterocycles. The van der Waals surface area contributed by atoms with E-state index in [9.17, 15) is 4.79 Å². The number of hydrogen-bond donors (Lipinski definition) is 0. The summed E-state index contributed by atoms with van der Waals surface area (Å²) >= 11 is 0. The smallest absolute Gasteiger partial charge is 0.243 e. The van der Waals surface area contributed by atoms with Crippen molar-refractivity contribution in [3.05, 3.63) is 47.1 Å². The fraction of sp³-hybridized carbons (Fsp3) is 0.775. The van der Waals surface area contributed by atoms with E-state index < -0.39 is 22.4 Å². The molecule has 0 N–H and O–H groups in total. The molecule has 2 unspecified atom stereocenters. The molecule has 3 aliphatic rings. The molecule has 0 aromatic heterocycles. The highest BCUT2D eigenvalue weighted by atomic mass is 28.4. The second-order valence-corrected chi connectivity index (χ2v) is 27.5. The van der Waals surface area contributed by atoms with E-state index in [4.69, 9.17) is 20.3 Å². The van der Waals surface area contributed by atoms with Crippen molar-refractivity contribution in [3.8, 4) is 0 Å². The van der Waals surface area contributed by atoms with Crippen molar-refractivity contribution in [1.29, 1.82) is 0 Å². The lowest BCUT2D eigenvalue weighted by molar-refractivity contribution is -0.328. The van der Waals surface area contributed by atoms with Crippen molar-refractivity contribution >= 4 is 22.5 Å². The molecule has 0 aliphatic heterocycles. The molecular weight excluding hydrogens is 615 g/mol. The summed E-state index contributed by atoms with van der Waals surface area (Å²) in [6, 6.07) is -0.0330. The van der Waals surface area contributed by atoms with Gasteiger partial charge in [-0.3, -0.25) is 4.79 Å². The molecule has 1 amide bonds. The Labute approximate surface area is 291 Å². The SMILES string of the molecule is C=C1C(=CC=C2CCC[C@]3(C)C(CC)=CCC23)CC(ON(C(C)=O)C(CC)CC)(O[Si](C)(C)C(C)(C)C)C[C@@H]1O[Si](C)(C)C(C)(C)C. The topological polar surface area (TPSA) is 48.0 Å². The second-order valence-electron chi connectivity index (χ2n) is 18.0. The molecule has 0 heterocycles. The first kappa shape index (κ1) is 40.2. The molecule has 0 aromatic rings. The molecule has 0 radical (unpaired) electrons. The van der Waals surface area contributed by atoms with Crippen molar-refractivity contribution in [1.82, 2.24) is 5.06 Å². The van der Waals surface area contributed by atoms with Gasteiger partial charge in [0.2, 0.25) is 5.91 Å². The van der Waals surface area contributed by atoms with Gasteiger partial charge in [-0.1, -0.05) is 105 Å². The van der Waals surface area contributed by atoms with E-state index in [0.29, 0.717) is 18.8 Å². The lowest BCUT2D eigenvalue weighted by atomic mass is 9.64. The molecule has 0 bridgehead atoms. The summed E-state index contributed by atoms with van der Waals surface area (Å²) in [5, 5.41) is 1.61. The molecule has 2 fully saturated rings. The Balaban J connectivity index is 2.21. The molecule has 3 rings (SSSR count). The monoisotopic (exact) mass is 685 g/mol. The summed E-state index contributed by atoms with van der Waals surface area (Å²) in [4.78, 5) is 20.3. The Kier molecular flexibility index (Phi) is 12.4. The summed E-state index contributed by atoms with van der Waals surface area (Å²) in [6.07, 6.45) is 15.5. The van der Waals surface area contributed by atoms with E-state index in [2.05, 4.69) is 114 Å². The maximum atomic E-state index is 13.3. The molecule has 7 heteroatoms. The minimum absolute atomic E-state index is 0.0281. The average Bonchev–Trinajstić information content (AvgIpc) is 3.29. The Morgan fingerprint density at radius 3 is 2.15 bits per heavy atom. The average molecular weight is 686 g/mol. The molecule has 268 valence electrons. The molecular formula is C40H71NO4Si2. The number of carbonyl (C=O) groups is 1. The van der Waals surface area contributed by atoms with E-state index in [-0.39, 0.29) is 33.5 Å². The van der Waals surface area contributed by atoms with E-state index in [0.717, 1.165) is 43.3 Å². The van der Waals surface area contributed by atoms with Gasteiger partial charge >= 0.3 is 0 Å². The summed E-state index contributed by atoms with van der Waals surface area (Å²) in [6.45, 7) is 38.2. The van der Waals surface area contributed by atoms with Crippen molar-refractivity contribution in [2.45, 2.75) is 188 Å². The lowest BCUT2D eigenvalue weighted by Gasteiger charge is -2.52. The molecule has 5 nitrogen and oxygen atoms in total. The number of fused-ring (bicyclic) bond motifs is 1. The summed E-state index contributed by atoms with van der Waals surface area (Å²) in [5.74, 6) is -0.578. The summed E-state index contributed by atoms with van der Waals surface area (Å²) in [7, 11) is -4.58. The Morgan fingerprint density at radius 1 is 1.04 bits per heavy atom. The van der Waals surface area contributed by atoms with Crippen LogP contribution in [0.15, 0.2) is 47.1 Å². The van der Waals surface area contributed by atoms with E-state index in [1.165, 1.54) is 12.8 Å². The normalized spacial score (nSPS) is 29.4. The number of hydrogen-bond acceptors (Lipinski definition) is 4. The molecule has 2 saturated carbocycles. The number of nitrogens with zero attached hydrogens (tertiary/aromatic N) is 1. The van der Waals surface area contributed by atoms with Crippen LogP contribution in [0.4, 0.5) is 0 Å². The van der Waals surface area contributed by atoms with Gasteiger partial charge in [0, 0.05) is 19.8 Å². The minimum atomic E-state index is -2.38. The summed E-state index contributed by atoms with van der Waals surface area (Å²) in [5.41, 5.74) is 5.59. The highest BCUT2D eigenvalue weighted by Gasteiger charge is 2.53. The highest BCUT2D eigenvalue weighted by Crippen LogP contribution is 2.56. The minimum Gasteiger partial charge on any atom is -0.410 e. The Hall–Kier alpha value is -1.26. The zero-order valence-corrected chi connectivity index (χ0v) is 35.1. The molecule has 0 spiro atoms. The van der Waals surface area contributed by atoms with Gasteiger partial charge in [-0.2, -0.15) is 0 Å². The maximum Gasteiger partial charge on any atom is 0.243 e. The first-order valence-electron chi connectivity index (χ1n) is 18.6. The third-order valence-corrected chi connectivity index (χ3v) is 21.7. The van der Waals surface area contributed by atoms with Gasteiger partial charge in [-0.25, -0.2) is 9.90 Å². The van der Waals surface area contributed by atoms with Crippen molar-refractivity contribution < 1.29 is 18.5 Å². The first-order chi connectivity index (χ1) is 21.5. The van der Waals surface area contributed by atoms with E-state index in [1.54, 1.807) is 23.1 Å². The van der Waals surface area contributed by atoms with Gasteiger partial charge in [-0.15, -0.1) is 0 Å². The standard InChI is InChI=1S/C40H71NO4Si2/c1-17-33-24-25-35-31(21-20-26-39(33,35)12)22-23-32-27-40(45-47(15,16)38(9,10)11,44-41(30(5)42)34(18-2)19-3)28-36(29(32)4)43-46(13,14)37(6,7)8/h22-24,34-36H,4,17-21,25-28H2,1-3,5-16H3/t35?,36-,39+,40?/m0/s1. The van der Waals surface area contributed by atoms with Crippen LogP contribution < -0.4 is 0 Å². The summed E-state index contributed by atoms with van der Waals surface area (Å²) < 4.78 is 14.6. The maximum absolute atomic E-state index is 13.3. The Bertz CT molecular complexity index is 1250. The van der Waals surface area contributed by atoms with Crippen LogP contribution in [0.5, 0.6) is 0 Å². The number of allylic oxidation sites excluding steroid dienone is 5. The second kappa shape index (κ2) is 14.5. The van der Waals surface area contributed by atoms with Crippen LogP contribution in [0, 0.1) is 11.3 Å². The Morgan fingerprint density at radius 2 is 1.64 bits per heavy atom. The van der Waals surface area contributed by atoms with Crippen molar-refractivity contribution in [2.75, 3.05) is 0 Å². The van der Waals surface area contributed by atoms with Gasteiger partial charge in [0.05, 0.1) is 12.1 Å². The predicted octanol–water partition coefficient (Wildman–Crippen LogP) is 11.8. The number of rotatable bonds is 11. The zero-order chi connectivity index (χ0) is 35.8. The van der Waals surface area contributed by atoms with Crippen LogP contribution in [-0.4, -0.2) is 45.5 Å². The molecule has 0 aromatic carbocycles. The number of carbonyl (C=O) groups excluding carboxylic acids is 1. The third-order valence-electron chi connectivity index (χ3n) is 12.7. The van der Waals surface area contributed by atoms with Crippen LogP contribution in [0.3, 0.4) is 0 Å². The largest absolute Gasteiger partial charge is 0.410 e. The van der Waals surface area contributed by atoms with Crippen LogP contribution in [-0.2, 0) is 18.5 Å². The van der Waals surface area contributed by atoms with Gasteiger partial charge in [-0.05, 0) is 104 Å². The quantitative estimate of drug-likeness (QED) is 0.0940. The highest BCUT2D eigenvalue weighted by molar-refractivity contribution is 6.74. The van der Waals surface area contributed by atoms with Crippen LogP contribution in [0.2, 0.25) is 36.3 Å². The van der Waals surface area contributed by atoms with E-state index in [1.807, 2.05) is 0 Å². The third kappa shape index (κ3) is 8.56. The fourth-order valence-corrected chi connectivity index (χ4v) is 10.3. The van der Waals surface area contributed by atoms with Gasteiger partial charge in [0.25, 0.3) is 0 Å². The van der Waals surface area contributed by atoms with E-state index >= 15 is 0 Å². The molecule has 4 atom stereocenters. The number of hydroxylamine groups is 2. The van der Waals surface area contributed by atoms with Crippen LogP contribution in [0.1, 0.15) is 134 Å². The van der Waals surface area contributed by atoms with Gasteiger partial charge in [0.1, 0.15) is 0 Å². The zero-order valence-electron chi connectivity index (χ0n) is 33.1. The molecule has 3 aliphatic carbocycles. The fourth-order valence-electron chi connectivity index (χ4n) is 7.54. The first-order valence-corrected chi connectivity index (χ1v) is 24.4. The lowest BCUT2D eigenvalue weighted by Crippen LogP contribution is -2.59. The van der Waals surface area contributed by atoms with Crippen molar-refractivity contribution in [2.24, 2.45) is 11.3 Å². The predicted molar refractivity (Wildman–Crippen MR) is 204 cm³/mol. The molecule has 47 heavy (non-hydrogen) atoms. The van der Waals surface area contributed by atoms with Crippen LogP contribution in [0.25, 0.3) is 0 Å².